The molecule has 0 bridgehead atoms. The molecule has 3 rings (SSSR count). The summed E-state index contributed by atoms with van der Waals surface area (Å²) in [7, 11) is -9.78. The molecule has 2 aromatic rings. The van der Waals surface area contributed by atoms with Crippen molar-refractivity contribution < 1.29 is 28.6 Å². The molecule has 0 spiro atoms. The van der Waals surface area contributed by atoms with Crippen molar-refractivity contribution in [1.82, 2.24) is 15.2 Å². The lowest BCUT2D eigenvalue weighted by molar-refractivity contribution is -0.106. The third kappa shape index (κ3) is 4.45. The van der Waals surface area contributed by atoms with E-state index in [1.807, 2.05) is 19.1 Å². The topological polar surface area (TPSA) is 94.9 Å². The maximum absolute atomic E-state index is 12.6. The minimum Gasteiger partial charge on any atom is -0.416 e. The van der Waals surface area contributed by atoms with Crippen LogP contribution in [-0.4, -0.2) is 21.6 Å². The van der Waals surface area contributed by atoms with Crippen molar-refractivity contribution in [2.45, 2.75) is 11.9 Å². The third-order valence-electron chi connectivity index (χ3n) is 3.22. The van der Waals surface area contributed by atoms with Crippen LogP contribution in [-0.2, 0) is 4.79 Å². The zero-order valence-corrected chi connectivity index (χ0v) is 14.0. The van der Waals surface area contributed by atoms with Crippen molar-refractivity contribution in [2.75, 3.05) is 0 Å². The molecule has 1 unspecified atom stereocenters. The molecular weight excluding hydrogens is 383 g/mol. The van der Waals surface area contributed by atoms with Crippen molar-refractivity contribution >= 4 is 22.2 Å². The number of halogens is 5. The van der Waals surface area contributed by atoms with Crippen LogP contribution in [0.1, 0.15) is 12.8 Å². The molecule has 2 heterocycles. The molecule has 0 aliphatic heterocycles. The Hall–Kier alpha value is -2.76. The van der Waals surface area contributed by atoms with Crippen LogP contribution < -0.4 is 5.73 Å². The lowest BCUT2D eigenvalue weighted by Gasteiger charge is -2.39. The molecular formula is C14H13F5N4O2S. The monoisotopic (exact) mass is 396 g/mol. The lowest BCUT2D eigenvalue weighted by atomic mass is 10.1. The van der Waals surface area contributed by atoms with E-state index in [1.54, 1.807) is 6.08 Å². The Morgan fingerprint density at radius 3 is 2.23 bits per heavy atom. The summed E-state index contributed by atoms with van der Waals surface area (Å²) in [5.41, 5.74) is 4.95. The SMILES string of the molecule is CC1C=CC=C1c1nnc(-c2ccc(S(F)(F)(F)(F)F)nc2)o1.NC=O. The number of nitrogens with zero attached hydrogens (tertiary/aromatic N) is 3. The number of hydrogen-bond donors (Lipinski definition) is 1. The molecule has 2 aromatic heterocycles. The van der Waals surface area contributed by atoms with Gasteiger partial charge in [-0.05, 0) is 12.1 Å². The van der Waals surface area contributed by atoms with Crippen molar-refractivity contribution in [3.63, 3.8) is 0 Å². The van der Waals surface area contributed by atoms with E-state index in [0.29, 0.717) is 6.20 Å². The first-order valence-corrected chi connectivity index (χ1v) is 8.89. The summed E-state index contributed by atoms with van der Waals surface area (Å²) in [6.45, 7) is 1.91. The Kier molecular flexibility index (Phi) is 4.44. The number of aromatic nitrogens is 3. The van der Waals surface area contributed by atoms with E-state index in [4.69, 9.17) is 9.21 Å². The number of allylic oxidation sites excluding steroid dienone is 4. The number of rotatable bonds is 3. The maximum atomic E-state index is 12.6. The van der Waals surface area contributed by atoms with Gasteiger partial charge in [-0.1, -0.05) is 44.6 Å². The molecule has 1 atom stereocenters. The van der Waals surface area contributed by atoms with Gasteiger partial charge < -0.3 is 10.2 Å². The molecule has 2 N–H and O–H groups in total. The van der Waals surface area contributed by atoms with E-state index in [1.165, 1.54) is 0 Å². The van der Waals surface area contributed by atoms with Gasteiger partial charge in [0.05, 0.1) is 5.56 Å². The van der Waals surface area contributed by atoms with Gasteiger partial charge in [0.2, 0.25) is 18.2 Å². The van der Waals surface area contributed by atoms with Gasteiger partial charge in [0, 0.05) is 17.7 Å². The molecule has 1 aliphatic rings. The summed E-state index contributed by atoms with van der Waals surface area (Å²) in [6.07, 6.45) is 6.38. The number of pyridine rings is 1. The van der Waals surface area contributed by atoms with Gasteiger partial charge in [-0.3, -0.25) is 4.79 Å². The fourth-order valence-electron chi connectivity index (χ4n) is 2.04. The number of primary amides is 1. The molecule has 0 fully saturated rings. The average Bonchev–Trinajstić information content (AvgIpc) is 3.14. The van der Waals surface area contributed by atoms with Crippen LogP contribution in [0.25, 0.3) is 17.0 Å². The summed E-state index contributed by atoms with van der Waals surface area (Å²) in [5, 5.41) is 5.31. The van der Waals surface area contributed by atoms with Gasteiger partial charge in [0.25, 0.3) is 0 Å². The molecule has 0 saturated carbocycles. The Morgan fingerprint density at radius 2 is 1.77 bits per heavy atom. The van der Waals surface area contributed by atoms with Gasteiger partial charge in [0.1, 0.15) is 0 Å². The van der Waals surface area contributed by atoms with Crippen LogP contribution in [0, 0.1) is 5.92 Å². The van der Waals surface area contributed by atoms with Gasteiger partial charge in [-0.2, -0.15) is 0 Å². The summed E-state index contributed by atoms with van der Waals surface area (Å²) in [4.78, 5) is 11.4. The van der Waals surface area contributed by atoms with Gasteiger partial charge in [-0.15, -0.1) is 10.2 Å². The van der Waals surface area contributed by atoms with Crippen LogP contribution in [0.5, 0.6) is 0 Å². The highest BCUT2D eigenvalue weighted by molar-refractivity contribution is 8.45. The summed E-state index contributed by atoms with van der Waals surface area (Å²) < 4.78 is 68.4. The Bertz CT molecular complexity index is 875. The summed E-state index contributed by atoms with van der Waals surface area (Å²) in [5.74, 6) is 0.187. The number of hydrogen-bond acceptors (Lipinski definition) is 5. The highest BCUT2D eigenvalue weighted by Gasteiger charge is 2.67. The van der Waals surface area contributed by atoms with E-state index in [-0.39, 0.29) is 35.7 Å². The number of amides is 1. The zero-order valence-electron chi connectivity index (χ0n) is 13.2. The standard InChI is InChI=1S/C13H10F5N3OS.CH3NO/c1-8-3-2-4-10(8)13-21-20-12(22-13)9-5-6-11(19-7-9)23(14,15,16,17)18;2-1-3/h2-8H,1H3;1H,(H2,2,3). The number of carbonyl (C=O) groups is 1. The minimum atomic E-state index is -9.78. The van der Waals surface area contributed by atoms with Crippen molar-refractivity contribution in [1.29, 1.82) is 0 Å². The molecule has 0 radical (unpaired) electrons. The Morgan fingerprint density at radius 1 is 1.15 bits per heavy atom. The highest BCUT2D eigenvalue weighted by atomic mass is 32.5. The molecule has 26 heavy (non-hydrogen) atoms. The van der Waals surface area contributed by atoms with E-state index in [2.05, 4.69) is 20.9 Å². The number of nitrogens with two attached hydrogens (primary N) is 1. The third-order valence-corrected chi connectivity index (χ3v) is 4.25. The van der Waals surface area contributed by atoms with Gasteiger partial charge in [-0.25, -0.2) is 4.98 Å². The second-order valence-electron chi connectivity index (χ2n) is 5.20. The Labute approximate surface area is 144 Å². The first kappa shape index (κ1) is 19.6. The molecule has 1 aliphatic carbocycles. The zero-order chi connectivity index (χ0) is 19.7. The van der Waals surface area contributed by atoms with E-state index >= 15 is 0 Å². The number of carbonyl (C=O) groups excluding carboxylic acids is 1. The van der Waals surface area contributed by atoms with Gasteiger partial charge >= 0.3 is 10.2 Å². The first-order chi connectivity index (χ1) is 11.9. The summed E-state index contributed by atoms with van der Waals surface area (Å²) in [6, 6.07) is 1.03. The molecule has 0 aromatic carbocycles. The fourth-order valence-corrected chi connectivity index (χ4v) is 2.62. The van der Waals surface area contributed by atoms with E-state index in [0.717, 1.165) is 11.6 Å². The van der Waals surface area contributed by atoms with Gasteiger partial charge in [0.15, 0.2) is 5.03 Å². The molecule has 1 amide bonds. The molecule has 142 valence electrons. The van der Waals surface area contributed by atoms with Crippen molar-refractivity contribution in [2.24, 2.45) is 11.7 Å². The second-order valence-corrected chi connectivity index (χ2v) is 7.55. The quantitative estimate of drug-likeness (QED) is 0.610. The average molecular weight is 396 g/mol. The molecule has 0 saturated heterocycles. The van der Waals surface area contributed by atoms with Crippen LogP contribution in [0.4, 0.5) is 19.4 Å². The lowest BCUT2D eigenvalue weighted by Crippen LogP contribution is -2.08. The maximum Gasteiger partial charge on any atom is 0.325 e. The highest BCUT2D eigenvalue weighted by Crippen LogP contribution is 3.01. The first-order valence-electron chi connectivity index (χ1n) is 6.94. The predicted octanol–water partition coefficient (Wildman–Crippen LogP) is 4.48. The van der Waals surface area contributed by atoms with Crippen molar-refractivity contribution in [3.8, 4) is 11.5 Å². The Balaban J connectivity index is 0.000000758. The van der Waals surface area contributed by atoms with E-state index in [9.17, 15) is 19.4 Å². The largest absolute Gasteiger partial charge is 0.416 e. The van der Waals surface area contributed by atoms with Crippen LogP contribution in [0.15, 0.2) is 46.0 Å². The predicted molar refractivity (Wildman–Crippen MR) is 85.5 cm³/mol. The van der Waals surface area contributed by atoms with Crippen molar-refractivity contribution in [3.05, 3.63) is 42.4 Å². The fraction of sp³-hybridized carbons (Fsp3) is 0.143. The minimum absolute atomic E-state index is 0.0218. The van der Waals surface area contributed by atoms with Crippen LogP contribution >= 0.6 is 10.2 Å². The summed E-state index contributed by atoms with van der Waals surface area (Å²) >= 11 is 0. The van der Waals surface area contributed by atoms with E-state index < -0.39 is 15.3 Å². The second kappa shape index (κ2) is 5.90. The molecule has 12 heteroatoms. The normalized spacial score (nSPS) is 19.0. The molecule has 6 nitrogen and oxygen atoms in total. The smallest absolute Gasteiger partial charge is 0.325 e. The van der Waals surface area contributed by atoms with Crippen LogP contribution in [0.3, 0.4) is 0 Å². The van der Waals surface area contributed by atoms with Crippen LogP contribution in [0.2, 0.25) is 0 Å².